The Morgan fingerprint density at radius 2 is 2.22 bits per heavy atom. The normalized spacial score (nSPS) is 16.0. The zero-order chi connectivity index (χ0) is 19.1. The summed E-state index contributed by atoms with van der Waals surface area (Å²) in [5, 5.41) is 14.4. The van der Waals surface area contributed by atoms with E-state index in [0.717, 1.165) is 34.9 Å². The van der Waals surface area contributed by atoms with Crippen LogP contribution in [0.3, 0.4) is 0 Å². The van der Waals surface area contributed by atoms with Gasteiger partial charge in [-0.2, -0.15) is 5.26 Å². The number of ether oxygens (including phenoxy) is 1. The maximum atomic E-state index is 12.9. The molecule has 4 nitrogen and oxygen atoms in total. The highest BCUT2D eigenvalue weighted by Crippen LogP contribution is 2.41. The molecule has 138 valence electrons. The standard InChI is InChI=1S/C20H17ClN2O2S2/c1-10-3-5-12-14(9-22)20(27-16(12)7-10)23-19(24)18-17(21)13-8-11(25-2)4-6-15(13)26-18/h4,6,8,10H,3,5,7H2,1-2H3,(H,23,24). The molecule has 0 bridgehead atoms. The number of fused-ring (bicyclic) bond motifs is 2. The molecule has 0 radical (unpaired) electrons. The van der Waals surface area contributed by atoms with Gasteiger partial charge in [0.25, 0.3) is 5.91 Å². The Morgan fingerprint density at radius 1 is 1.41 bits per heavy atom. The lowest BCUT2D eigenvalue weighted by molar-refractivity contribution is 0.103. The van der Waals surface area contributed by atoms with Crippen molar-refractivity contribution >= 4 is 55.3 Å². The molecule has 1 N–H and O–H groups in total. The van der Waals surface area contributed by atoms with Crippen molar-refractivity contribution in [2.45, 2.75) is 26.2 Å². The lowest BCUT2D eigenvalue weighted by Gasteiger charge is -2.17. The predicted octanol–water partition coefficient (Wildman–Crippen LogP) is 5.87. The van der Waals surface area contributed by atoms with Crippen molar-refractivity contribution in [3.05, 3.63) is 44.1 Å². The number of amides is 1. The van der Waals surface area contributed by atoms with E-state index in [4.69, 9.17) is 16.3 Å². The maximum Gasteiger partial charge on any atom is 0.267 e. The molecule has 0 saturated heterocycles. The summed E-state index contributed by atoms with van der Waals surface area (Å²) in [7, 11) is 1.60. The zero-order valence-corrected chi connectivity index (χ0v) is 17.3. The number of carbonyl (C=O) groups is 1. The van der Waals surface area contributed by atoms with E-state index in [-0.39, 0.29) is 5.91 Å². The summed E-state index contributed by atoms with van der Waals surface area (Å²) in [6.45, 7) is 2.22. The van der Waals surface area contributed by atoms with Crippen molar-refractivity contribution in [2.24, 2.45) is 5.92 Å². The molecule has 3 aromatic rings. The van der Waals surface area contributed by atoms with E-state index >= 15 is 0 Å². The van der Waals surface area contributed by atoms with Crippen LogP contribution < -0.4 is 10.1 Å². The minimum Gasteiger partial charge on any atom is -0.497 e. The number of methoxy groups -OCH3 is 1. The van der Waals surface area contributed by atoms with Gasteiger partial charge in [-0.1, -0.05) is 18.5 Å². The first kappa shape index (κ1) is 18.3. The smallest absolute Gasteiger partial charge is 0.267 e. The van der Waals surface area contributed by atoms with Gasteiger partial charge in [-0.25, -0.2) is 0 Å². The molecule has 1 aliphatic carbocycles. The second kappa shape index (κ2) is 7.16. The van der Waals surface area contributed by atoms with Gasteiger partial charge in [-0.05, 0) is 48.9 Å². The number of nitrogens with zero attached hydrogens (tertiary/aromatic N) is 1. The average Bonchev–Trinajstić information content (AvgIpc) is 3.17. The number of nitrogens with one attached hydrogen (secondary N) is 1. The van der Waals surface area contributed by atoms with Crippen LogP contribution in [0.2, 0.25) is 5.02 Å². The van der Waals surface area contributed by atoms with Crippen LogP contribution in [0.5, 0.6) is 5.75 Å². The first-order valence-electron chi connectivity index (χ1n) is 8.63. The van der Waals surface area contributed by atoms with Gasteiger partial charge in [0, 0.05) is 15.0 Å². The third-order valence-electron chi connectivity index (χ3n) is 4.89. The molecule has 0 fully saturated rings. The van der Waals surface area contributed by atoms with Crippen LogP contribution in [0, 0.1) is 17.2 Å². The fourth-order valence-corrected chi connectivity index (χ4v) is 6.18. The first-order chi connectivity index (χ1) is 13.0. The van der Waals surface area contributed by atoms with E-state index in [1.54, 1.807) is 7.11 Å². The number of hydrogen-bond donors (Lipinski definition) is 1. The van der Waals surface area contributed by atoms with Crippen LogP contribution >= 0.6 is 34.3 Å². The van der Waals surface area contributed by atoms with Gasteiger partial charge >= 0.3 is 0 Å². The molecule has 2 heterocycles. The second-order valence-electron chi connectivity index (χ2n) is 6.73. The molecule has 1 unspecified atom stereocenters. The van der Waals surface area contributed by atoms with Crippen LogP contribution in [0.25, 0.3) is 10.1 Å². The van der Waals surface area contributed by atoms with Gasteiger partial charge in [0.1, 0.15) is 21.7 Å². The van der Waals surface area contributed by atoms with Gasteiger partial charge < -0.3 is 10.1 Å². The van der Waals surface area contributed by atoms with E-state index in [1.807, 2.05) is 18.2 Å². The molecule has 1 aromatic carbocycles. The lowest BCUT2D eigenvalue weighted by atomic mass is 9.89. The number of halogens is 1. The monoisotopic (exact) mass is 416 g/mol. The highest BCUT2D eigenvalue weighted by atomic mass is 35.5. The summed E-state index contributed by atoms with van der Waals surface area (Å²) < 4.78 is 6.16. The Balaban J connectivity index is 1.68. The van der Waals surface area contributed by atoms with Crippen LogP contribution in [-0.2, 0) is 12.8 Å². The molecule has 1 atom stereocenters. The largest absolute Gasteiger partial charge is 0.497 e. The van der Waals surface area contributed by atoms with Gasteiger partial charge in [0.15, 0.2) is 0 Å². The van der Waals surface area contributed by atoms with Crippen molar-refractivity contribution in [1.29, 1.82) is 5.26 Å². The van der Waals surface area contributed by atoms with Gasteiger partial charge in [0.2, 0.25) is 0 Å². The zero-order valence-electron chi connectivity index (χ0n) is 14.9. The van der Waals surface area contributed by atoms with Gasteiger partial charge in [-0.3, -0.25) is 4.79 Å². The van der Waals surface area contributed by atoms with Gasteiger partial charge in [-0.15, -0.1) is 22.7 Å². The summed E-state index contributed by atoms with van der Waals surface area (Å²) in [4.78, 5) is 14.5. The van der Waals surface area contributed by atoms with E-state index in [1.165, 1.54) is 27.6 Å². The van der Waals surface area contributed by atoms with E-state index in [0.29, 0.717) is 32.1 Å². The summed E-state index contributed by atoms with van der Waals surface area (Å²) >= 11 is 9.33. The molecule has 0 aliphatic heterocycles. The summed E-state index contributed by atoms with van der Waals surface area (Å²) in [6, 6.07) is 7.85. The van der Waals surface area contributed by atoms with E-state index in [9.17, 15) is 10.1 Å². The molecule has 1 aliphatic rings. The number of hydrogen-bond acceptors (Lipinski definition) is 5. The summed E-state index contributed by atoms with van der Waals surface area (Å²) in [5.41, 5.74) is 1.71. The van der Waals surface area contributed by atoms with Crippen molar-refractivity contribution in [3.8, 4) is 11.8 Å². The Labute approximate surface area is 170 Å². The Kier molecular flexibility index (Phi) is 4.85. The minimum absolute atomic E-state index is 0.275. The number of thiophene rings is 2. The molecule has 4 rings (SSSR count). The molecule has 0 spiro atoms. The Bertz CT molecular complexity index is 1090. The Hall–Kier alpha value is -2.07. The number of anilines is 1. The van der Waals surface area contributed by atoms with Crippen molar-refractivity contribution in [3.63, 3.8) is 0 Å². The molecule has 27 heavy (non-hydrogen) atoms. The molecular formula is C20H17ClN2O2S2. The lowest BCUT2D eigenvalue weighted by Crippen LogP contribution is -2.11. The van der Waals surface area contributed by atoms with Crippen molar-refractivity contribution < 1.29 is 9.53 Å². The summed E-state index contributed by atoms with van der Waals surface area (Å²) in [5.74, 6) is 1.03. The highest BCUT2D eigenvalue weighted by molar-refractivity contribution is 7.22. The minimum atomic E-state index is -0.275. The van der Waals surface area contributed by atoms with Crippen molar-refractivity contribution in [2.75, 3.05) is 12.4 Å². The number of nitriles is 1. The first-order valence-corrected chi connectivity index (χ1v) is 10.6. The average molecular weight is 417 g/mol. The van der Waals surface area contributed by atoms with Crippen LogP contribution in [-0.4, -0.2) is 13.0 Å². The van der Waals surface area contributed by atoms with E-state index < -0.39 is 0 Å². The van der Waals surface area contributed by atoms with Crippen LogP contribution in [0.4, 0.5) is 5.00 Å². The molecule has 7 heteroatoms. The fourth-order valence-electron chi connectivity index (χ4n) is 3.44. The molecule has 2 aromatic heterocycles. The third-order valence-corrected chi connectivity index (χ3v) is 7.74. The number of rotatable bonds is 3. The van der Waals surface area contributed by atoms with E-state index in [2.05, 4.69) is 18.3 Å². The van der Waals surface area contributed by atoms with Crippen molar-refractivity contribution in [1.82, 2.24) is 0 Å². The Morgan fingerprint density at radius 3 is 2.96 bits per heavy atom. The predicted molar refractivity (Wildman–Crippen MR) is 112 cm³/mol. The maximum absolute atomic E-state index is 12.9. The van der Waals surface area contributed by atoms with Crippen LogP contribution in [0.1, 0.15) is 39.0 Å². The van der Waals surface area contributed by atoms with Crippen LogP contribution in [0.15, 0.2) is 18.2 Å². The summed E-state index contributed by atoms with van der Waals surface area (Å²) in [6.07, 6.45) is 2.94. The van der Waals surface area contributed by atoms with Gasteiger partial charge in [0.05, 0.1) is 17.7 Å². The second-order valence-corrected chi connectivity index (χ2v) is 9.26. The SMILES string of the molecule is COc1ccc2sc(C(=O)Nc3sc4c(c3C#N)CCC(C)C4)c(Cl)c2c1. The molecule has 1 amide bonds. The third kappa shape index (κ3) is 3.20. The molecule has 0 saturated carbocycles. The molecular weight excluding hydrogens is 400 g/mol. The number of carbonyl (C=O) groups excluding carboxylic acids is 1. The highest BCUT2D eigenvalue weighted by Gasteiger charge is 2.26. The fraction of sp³-hybridized carbons (Fsp3) is 0.300. The number of benzene rings is 1. The quantitative estimate of drug-likeness (QED) is 0.580. The topological polar surface area (TPSA) is 62.1 Å².